The maximum Gasteiger partial charge on any atom is 0.347 e. The van der Waals surface area contributed by atoms with Crippen LogP contribution in [0.4, 0.5) is 0 Å². The summed E-state index contributed by atoms with van der Waals surface area (Å²) in [5.74, 6) is -0.0759. The molecule has 5 heteroatoms. The van der Waals surface area contributed by atoms with Gasteiger partial charge in [0.15, 0.2) is 4.34 Å². The molecule has 3 nitrogen and oxygen atoms in total. The summed E-state index contributed by atoms with van der Waals surface area (Å²) in [7, 11) is 0. The minimum Gasteiger partial charge on any atom is -0.477 e. The zero-order valence-electron chi connectivity index (χ0n) is 11.1. The van der Waals surface area contributed by atoms with E-state index in [2.05, 4.69) is 37.0 Å². The molecule has 0 fully saturated rings. The number of thioether (sulfide) groups is 1. The topological polar surface area (TPSA) is 50.2 Å². The molecule has 0 atom stereocenters. The second kappa shape index (κ2) is 5.75. The summed E-state index contributed by atoms with van der Waals surface area (Å²) < 4.78 is 0.816. The molecule has 0 saturated carbocycles. The van der Waals surface area contributed by atoms with E-state index in [1.54, 1.807) is 18.7 Å². The molecule has 1 heterocycles. The Balaban J connectivity index is 2.12. The summed E-state index contributed by atoms with van der Waals surface area (Å²) >= 11 is 2.84. The molecule has 0 unspecified atom stereocenters. The van der Waals surface area contributed by atoms with Gasteiger partial charge < -0.3 is 5.11 Å². The standard InChI is InChI=1S/C14H15NO2S2/c1-8-4-5-9(2)11(6-8)7-18-14-15-10(3)12(19-14)13(16)17/h4-6H,7H2,1-3H3,(H,16,17). The van der Waals surface area contributed by atoms with Gasteiger partial charge in [-0.3, -0.25) is 0 Å². The minimum atomic E-state index is -0.895. The highest BCUT2D eigenvalue weighted by atomic mass is 32.2. The number of hydrogen-bond acceptors (Lipinski definition) is 4. The number of thiazole rings is 1. The van der Waals surface area contributed by atoms with Gasteiger partial charge in [-0.05, 0) is 31.9 Å². The van der Waals surface area contributed by atoms with Crippen molar-refractivity contribution in [3.05, 3.63) is 45.5 Å². The first kappa shape index (κ1) is 14.1. The molecule has 0 aliphatic rings. The zero-order chi connectivity index (χ0) is 14.0. The largest absolute Gasteiger partial charge is 0.477 e. The monoisotopic (exact) mass is 293 g/mol. The van der Waals surface area contributed by atoms with E-state index in [-0.39, 0.29) is 0 Å². The van der Waals surface area contributed by atoms with Gasteiger partial charge in [0.25, 0.3) is 0 Å². The van der Waals surface area contributed by atoms with Crippen LogP contribution in [-0.4, -0.2) is 16.1 Å². The van der Waals surface area contributed by atoms with Gasteiger partial charge in [-0.15, -0.1) is 11.3 Å². The number of aromatic carboxylic acids is 1. The lowest BCUT2D eigenvalue weighted by atomic mass is 10.1. The van der Waals surface area contributed by atoms with Crippen LogP contribution in [0.5, 0.6) is 0 Å². The normalized spacial score (nSPS) is 10.7. The maximum absolute atomic E-state index is 11.0. The average Bonchev–Trinajstić information content (AvgIpc) is 2.72. The van der Waals surface area contributed by atoms with E-state index in [1.807, 2.05) is 0 Å². The number of hydrogen-bond donors (Lipinski definition) is 1. The fourth-order valence-corrected chi connectivity index (χ4v) is 3.82. The Labute approximate surface area is 120 Å². The third-order valence-electron chi connectivity index (χ3n) is 2.83. The Morgan fingerprint density at radius 3 is 2.74 bits per heavy atom. The van der Waals surface area contributed by atoms with Gasteiger partial charge in [-0.2, -0.15) is 0 Å². The Morgan fingerprint density at radius 1 is 1.37 bits per heavy atom. The quantitative estimate of drug-likeness (QED) is 0.864. The van der Waals surface area contributed by atoms with Crippen molar-refractivity contribution in [1.29, 1.82) is 0 Å². The first-order valence-electron chi connectivity index (χ1n) is 5.87. The fourth-order valence-electron chi connectivity index (χ4n) is 1.73. The summed E-state index contributed by atoms with van der Waals surface area (Å²) in [5, 5.41) is 9.01. The third kappa shape index (κ3) is 3.36. The van der Waals surface area contributed by atoms with E-state index < -0.39 is 5.97 Å². The molecule has 0 bridgehead atoms. The average molecular weight is 293 g/mol. The highest BCUT2D eigenvalue weighted by molar-refractivity contribution is 8.00. The van der Waals surface area contributed by atoms with Crippen LogP contribution in [0.15, 0.2) is 22.5 Å². The first-order chi connectivity index (χ1) is 8.97. The molecule has 2 rings (SSSR count). The van der Waals surface area contributed by atoms with Gasteiger partial charge >= 0.3 is 5.97 Å². The lowest BCUT2D eigenvalue weighted by molar-refractivity contribution is 0.0701. The number of benzene rings is 1. The lowest BCUT2D eigenvalue weighted by Crippen LogP contribution is -1.94. The summed E-state index contributed by atoms with van der Waals surface area (Å²) in [5.41, 5.74) is 4.36. The number of carboxylic acid groups (broad SMARTS) is 1. The predicted octanol–water partition coefficient (Wildman–Crippen LogP) is 4.06. The molecule has 0 amide bonds. The summed E-state index contributed by atoms with van der Waals surface area (Å²) in [6, 6.07) is 6.38. The number of carboxylic acids is 1. The molecule has 0 radical (unpaired) electrons. The molecular formula is C14H15NO2S2. The van der Waals surface area contributed by atoms with Gasteiger partial charge in [0, 0.05) is 5.75 Å². The summed E-state index contributed by atoms with van der Waals surface area (Å²) in [6.07, 6.45) is 0. The van der Waals surface area contributed by atoms with Crippen LogP contribution in [0.25, 0.3) is 0 Å². The molecule has 0 spiro atoms. The lowest BCUT2D eigenvalue weighted by Gasteiger charge is -2.05. The molecule has 19 heavy (non-hydrogen) atoms. The first-order valence-corrected chi connectivity index (χ1v) is 7.67. The Kier molecular flexibility index (Phi) is 4.27. The molecule has 0 aliphatic heterocycles. The number of carbonyl (C=O) groups is 1. The van der Waals surface area contributed by atoms with Crippen molar-refractivity contribution in [2.45, 2.75) is 30.9 Å². The molecule has 0 saturated heterocycles. The molecule has 2 aromatic rings. The fraction of sp³-hybridized carbons (Fsp3) is 0.286. The highest BCUT2D eigenvalue weighted by Gasteiger charge is 2.14. The van der Waals surface area contributed by atoms with Crippen molar-refractivity contribution in [2.24, 2.45) is 0 Å². The van der Waals surface area contributed by atoms with E-state index in [4.69, 9.17) is 5.11 Å². The Bertz CT molecular complexity index is 620. The predicted molar refractivity (Wildman–Crippen MR) is 79.3 cm³/mol. The molecule has 1 aromatic heterocycles. The Hall–Kier alpha value is -1.33. The van der Waals surface area contributed by atoms with Gasteiger partial charge in [0.05, 0.1) is 5.69 Å². The Morgan fingerprint density at radius 2 is 2.11 bits per heavy atom. The third-order valence-corrected chi connectivity index (χ3v) is 5.16. The van der Waals surface area contributed by atoms with Crippen LogP contribution in [0.2, 0.25) is 0 Å². The second-order valence-electron chi connectivity index (χ2n) is 4.42. The van der Waals surface area contributed by atoms with Gasteiger partial charge in [-0.25, -0.2) is 9.78 Å². The number of nitrogens with zero attached hydrogens (tertiary/aromatic N) is 1. The van der Waals surface area contributed by atoms with Crippen LogP contribution in [-0.2, 0) is 5.75 Å². The number of aryl methyl sites for hydroxylation is 3. The molecular weight excluding hydrogens is 278 g/mol. The van der Waals surface area contributed by atoms with Crippen molar-refractivity contribution in [1.82, 2.24) is 4.98 Å². The van der Waals surface area contributed by atoms with Crippen molar-refractivity contribution < 1.29 is 9.90 Å². The van der Waals surface area contributed by atoms with Gasteiger partial charge in [-0.1, -0.05) is 35.5 Å². The zero-order valence-corrected chi connectivity index (χ0v) is 12.7. The number of aromatic nitrogens is 1. The SMILES string of the molecule is Cc1ccc(C)c(CSc2nc(C)c(C(=O)O)s2)c1. The van der Waals surface area contributed by atoms with E-state index >= 15 is 0 Å². The molecule has 100 valence electrons. The highest BCUT2D eigenvalue weighted by Crippen LogP contribution is 2.30. The van der Waals surface area contributed by atoms with Gasteiger partial charge in [0.2, 0.25) is 0 Å². The van der Waals surface area contributed by atoms with Crippen molar-refractivity contribution in [3.63, 3.8) is 0 Å². The van der Waals surface area contributed by atoms with Crippen LogP contribution in [0.3, 0.4) is 0 Å². The van der Waals surface area contributed by atoms with E-state index in [0.29, 0.717) is 10.6 Å². The van der Waals surface area contributed by atoms with Crippen LogP contribution >= 0.6 is 23.1 Å². The van der Waals surface area contributed by atoms with Gasteiger partial charge in [0.1, 0.15) is 4.88 Å². The number of rotatable bonds is 4. The van der Waals surface area contributed by atoms with Crippen LogP contribution < -0.4 is 0 Å². The second-order valence-corrected chi connectivity index (χ2v) is 6.64. The van der Waals surface area contributed by atoms with E-state index in [9.17, 15) is 4.79 Å². The minimum absolute atomic E-state index is 0.337. The van der Waals surface area contributed by atoms with Crippen molar-refractivity contribution >= 4 is 29.1 Å². The van der Waals surface area contributed by atoms with Crippen molar-refractivity contribution in [3.8, 4) is 0 Å². The molecule has 0 aliphatic carbocycles. The smallest absolute Gasteiger partial charge is 0.347 e. The maximum atomic E-state index is 11.0. The summed E-state index contributed by atoms with van der Waals surface area (Å²) in [6.45, 7) is 5.90. The van der Waals surface area contributed by atoms with Crippen LogP contribution in [0.1, 0.15) is 32.1 Å². The molecule has 1 aromatic carbocycles. The molecule has 1 N–H and O–H groups in total. The summed E-state index contributed by atoms with van der Waals surface area (Å²) in [4.78, 5) is 15.6. The van der Waals surface area contributed by atoms with Crippen LogP contribution in [0, 0.1) is 20.8 Å². The van der Waals surface area contributed by atoms with Crippen molar-refractivity contribution in [2.75, 3.05) is 0 Å². The van der Waals surface area contributed by atoms with E-state index in [1.165, 1.54) is 28.0 Å². The van der Waals surface area contributed by atoms with E-state index in [0.717, 1.165) is 10.1 Å².